The summed E-state index contributed by atoms with van der Waals surface area (Å²) in [6, 6.07) is 10.9. The van der Waals surface area contributed by atoms with Gasteiger partial charge < -0.3 is 23.7 Å². The molecule has 6 nitrogen and oxygen atoms in total. The highest BCUT2D eigenvalue weighted by Gasteiger charge is 2.28. The lowest BCUT2D eigenvalue weighted by molar-refractivity contribution is -0.138. The van der Waals surface area contributed by atoms with Crippen molar-refractivity contribution in [2.75, 3.05) is 21.3 Å². The van der Waals surface area contributed by atoms with Crippen LogP contribution in [0.15, 0.2) is 42.2 Å². The first-order chi connectivity index (χ1) is 12.5. The Kier molecular flexibility index (Phi) is 5.02. The van der Waals surface area contributed by atoms with E-state index < -0.39 is 12.1 Å². The second-order valence-corrected chi connectivity index (χ2v) is 5.66. The zero-order valence-corrected chi connectivity index (χ0v) is 15.1. The largest absolute Gasteiger partial charge is 0.497 e. The SMILES string of the molecule is COc1ccc2c(c1)O[C@@H](c1ccc(OC)c(OC)c1)C(OC(C)=O)=C2. The van der Waals surface area contributed by atoms with E-state index in [0.717, 1.165) is 11.1 Å². The van der Waals surface area contributed by atoms with E-state index in [0.29, 0.717) is 28.8 Å². The molecule has 1 atom stereocenters. The van der Waals surface area contributed by atoms with Gasteiger partial charge in [-0.15, -0.1) is 0 Å². The van der Waals surface area contributed by atoms with Crippen molar-refractivity contribution in [3.63, 3.8) is 0 Å². The van der Waals surface area contributed by atoms with E-state index >= 15 is 0 Å². The highest BCUT2D eigenvalue weighted by atomic mass is 16.6. The summed E-state index contributed by atoms with van der Waals surface area (Å²) in [6.45, 7) is 1.36. The molecule has 0 aromatic heterocycles. The van der Waals surface area contributed by atoms with Crippen LogP contribution >= 0.6 is 0 Å². The van der Waals surface area contributed by atoms with E-state index in [2.05, 4.69) is 0 Å². The molecule has 1 aliphatic rings. The maximum atomic E-state index is 11.5. The van der Waals surface area contributed by atoms with Crippen LogP contribution in [-0.2, 0) is 9.53 Å². The second-order valence-electron chi connectivity index (χ2n) is 5.66. The van der Waals surface area contributed by atoms with Crippen LogP contribution in [0.1, 0.15) is 24.2 Å². The lowest BCUT2D eigenvalue weighted by atomic mass is 10.0. The van der Waals surface area contributed by atoms with E-state index in [9.17, 15) is 4.79 Å². The van der Waals surface area contributed by atoms with Gasteiger partial charge in [-0.1, -0.05) is 6.07 Å². The lowest BCUT2D eigenvalue weighted by Crippen LogP contribution is -2.18. The third kappa shape index (κ3) is 3.44. The van der Waals surface area contributed by atoms with Gasteiger partial charge in [-0.25, -0.2) is 0 Å². The monoisotopic (exact) mass is 356 g/mol. The Morgan fingerprint density at radius 2 is 1.73 bits per heavy atom. The smallest absolute Gasteiger partial charge is 0.307 e. The fourth-order valence-corrected chi connectivity index (χ4v) is 2.77. The van der Waals surface area contributed by atoms with Gasteiger partial charge in [0.1, 0.15) is 11.5 Å². The molecule has 0 saturated carbocycles. The predicted octanol–water partition coefficient (Wildman–Crippen LogP) is 3.75. The van der Waals surface area contributed by atoms with Crippen molar-refractivity contribution in [3.05, 3.63) is 53.3 Å². The normalized spacial score (nSPS) is 15.2. The molecule has 2 aromatic carbocycles. The van der Waals surface area contributed by atoms with E-state index in [4.69, 9.17) is 23.7 Å². The average molecular weight is 356 g/mol. The summed E-state index contributed by atoms with van der Waals surface area (Å²) in [5.74, 6) is 2.48. The van der Waals surface area contributed by atoms with Crippen molar-refractivity contribution in [2.45, 2.75) is 13.0 Å². The molecule has 0 radical (unpaired) electrons. The zero-order chi connectivity index (χ0) is 18.7. The average Bonchev–Trinajstić information content (AvgIpc) is 2.66. The fourth-order valence-electron chi connectivity index (χ4n) is 2.77. The molecule has 0 amide bonds. The molecular weight excluding hydrogens is 336 g/mol. The van der Waals surface area contributed by atoms with Crippen LogP contribution in [0.5, 0.6) is 23.0 Å². The number of esters is 1. The molecule has 2 aromatic rings. The first-order valence-corrected chi connectivity index (χ1v) is 8.02. The molecule has 6 heteroatoms. The van der Waals surface area contributed by atoms with Gasteiger partial charge >= 0.3 is 5.97 Å². The Hall–Kier alpha value is -3.15. The molecule has 26 heavy (non-hydrogen) atoms. The lowest BCUT2D eigenvalue weighted by Gasteiger charge is -2.27. The standard InChI is InChI=1S/C20H20O6/c1-12(21)25-19-9-13-5-7-15(22-2)11-17(13)26-20(19)14-6-8-16(23-3)18(10-14)24-4/h5-11,20H,1-4H3/t20-/m0/s1. The van der Waals surface area contributed by atoms with E-state index in [1.165, 1.54) is 6.92 Å². The summed E-state index contributed by atoms with van der Waals surface area (Å²) in [4.78, 5) is 11.5. The van der Waals surface area contributed by atoms with Gasteiger partial charge in [0.15, 0.2) is 23.4 Å². The van der Waals surface area contributed by atoms with Crippen LogP contribution in [0.3, 0.4) is 0 Å². The summed E-state index contributed by atoms with van der Waals surface area (Å²) in [7, 11) is 4.73. The number of ether oxygens (including phenoxy) is 5. The summed E-state index contributed by atoms with van der Waals surface area (Å²) in [5, 5.41) is 0. The molecule has 3 rings (SSSR count). The van der Waals surface area contributed by atoms with Crippen LogP contribution in [-0.4, -0.2) is 27.3 Å². The minimum Gasteiger partial charge on any atom is -0.497 e. The molecule has 0 N–H and O–H groups in total. The quantitative estimate of drug-likeness (QED) is 0.761. The van der Waals surface area contributed by atoms with Crippen molar-refractivity contribution in [2.24, 2.45) is 0 Å². The van der Waals surface area contributed by atoms with E-state index in [-0.39, 0.29) is 0 Å². The molecule has 0 aliphatic carbocycles. The maximum Gasteiger partial charge on any atom is 0.307 e. The number of fused-ring (bicyclic) bond motifs is 1. The molecule has 0 fully saturated rings. The maximum absolute atomic E-state index is 11.5. The fraction of sp³-hybridized carbons (Fsp3) is 0.250. The van der Waals surface area contributed by atoms with Crippen molar-refractivity contribution in [3.8, 4) is 23.0 Å². The highest BCUT2D eigenvalue weighted by Crippen LogP contribution is 2.41. The molecule has 1 aliphatic heterocycles. The number of hydrogen-bond acceptors (Lipinski definition) is 6. The minimum absolute atomic E-state index is 0.405. The van der Waals surface area contributed by atoms with Gasteiger partial charge in [0.25, 0.3) is 0 Å². The molecule has 1 heterocycles. The van der Waals surface area contributed by atoms with Crippen molar-refractivity contribution in [1.29, 1.82) is 0 Å². The van der Waals surface area contributed by atoms with Crippen LogP contribution in [0.4, 0.5) is 0 Å². The first kappa shape index (κ1) is 17.7. The minimum atomic E-state index is -0.599. The van der Waals surface area contributed by atoms with Crippen molar-refractivity contribution in [1.82, 2.24) is 0 Å². The van der Waals surface area contributed by atoms with Gasteiger partial charge in [-0.3, -0.25) is 4.79 Å². The van der Waals surface area contributed by atoms with Crippen LogP contribution in [0, 0.1) is 0 Å². The topological polar surface area (TPSA) is 63.2 Å². The third-order valence-electron chi connectivity index (χ3n) is 3.99. The highest BCUT2D eigenvalue weighted by molar-refractivity contribution is 5.71. The molecule has 0 saturated heterocycles. The van der Waals surface area contributed by atoms with E-state index in [1.807, 2.05) is 18.2 Å². The second kappa shape index (κ2) is 7.39. The molecule has 0 spiro atoms. The van der Waals surface area contributed by atoms with Crippen LogP contribution in [0.25, 0.3) is 6.08 Å². The zero-order valence-electron chi connectivity index (χ0n) is 15.1. The van der Waals surface area contributed by atoms with Crippen LogP contribution < -0.4 is 18.9 Å². The molecule has 0 bridgehead atoms. The third-order valence-corrected chi connectivity index (χ3v) is 3.99. The van der Waals surface area contributed by atoms with Crippen LogP contribution in [0.2, 0.25) is 0 Å². The number of carbonyl (C=O) groups excluding carboxylic acids is 1. The number of rotatable bonds is 5. The Balaban J connectivity index is 2.05. The number of benzene rings is 2. The summed E-state index contributed by atoms with van der Waals surface area (Å²) < 4.78 is 27.4. The van der Waals surface area contributed by atoms with Crippen molar-refractivity contribution < 1.29 is 28.5 Å². The predicted molar refractivity (Wildman–Crippen MR) is 95.7 cm³/mol. The number of methoxy groups -OCH3 is 3. The Labute approximate surface area is 151 Å². The van der Waals surface area contributed by atoms with Gasteiger partial charge in [0, 0.05) is 24.1 Å². The number of carbonyl (C=O) groups is 1. The molecule has 136 valence electrons. The summed E-state index contributed by atoms with van der Waals surface area (Å²) in [5.41, 5.74) is 1.57. The van der Waals surface area contributed by atoms with Gasteiger partial charge in [0.05, 0.1) is 21.3 Å². The summed E-state index contributed by atoms with van der Waals surface area (Å²) >= 11 is 0. The Morgan fingerprint density at radius 1 is 0.962 bits per heavy atom. The number of hydrogen-bond donors (Lipinski definition) is 0. The van der Waals surface area contributed by atoms with E-state index in [1.54, 1.807) is 45.6 Å². The first-order valence-electron chi connectivity index (χ1n) is 8.02. The van der Waals surface area contributed by atoms with Gasteiger partial charge in [0.2, 0.25) is 0 Å². The Morgan fingerprint density at radius 3 is 2.38 bits per heavy atom. The summed E-state index contributed by atoms with van der Waals surface area (Å²) in [6.07, 6.45) is 1.19. The molecular formula is C20H20O6. The Bertz CT molecular complexity index is 855. The van der Waals surface area contributed by atoms with Gasteiger partial charge in [-0.2, -0.15) is 0 Å². The van der Waals surface area contributed by atoms with Crippen molar-refractivity contribution >= 4 is 12.0 Å². The molecule has 0 unspecified atom stereocenters. The van der Waals surface area contributed by atoms with Gasteiger partial charge in [-0.05, 0) is 30.3 Å².